The molecule has 0 bridgehead atoms. The summed E-state index contributed by atoms with van der Waals surface area (Å²) in [5.41, 5.74) is 3.06. The molecule has 0 aromatic heterocycles. The number of carbonyl (C=O) groups excluding carboxylic acids is 1. The van der Waals surface area contributed by atoms with Crippen LogP contribution >= 0.6 is 28.6 Å². The van der Waals surface area contributed by atoms with Crippen molar-refractivity contribution in [3.63, 3.8) is 0 Å². The lowest BCUT2D eigenvalue weighted by atomic mass is 10.0. The number of anilines is 1. The number of carbonyl (C=O) groups is 1. The molecule has 138 valence electrons. The number of nitrogens with one attached hydrogen (secondary N) is 1. The molecule has 1 unspecified atom stereocenters. The van der Waals surface area contributed by atoms with Gasteiger partial charge in [0, 0.05) is 10.2 Å². The minimum absolute atomic E-state index is 0.0136. The maximum Gasteiger partial charge on any atom is 0.266 e. The van der Waals surface area contributed by atoms with E-state index in [0.29, 0.717) is 5.03 Å². The van der Waals surface area contributed by atoms with Crippen LogP contribution in [-0.2, 0) is 11.2 Å². The summed E-state index contributed by atoms with van der Waals surface area (Å²) in [7, 11) is 0. The largest absolute Gasteiger partial charge is 0.327 e. The Morgan fingerprint density at radius 1 is 1.26 bits per heavy atom. The van der Waals surface area contributed by atoms with E-state index < -0.39 is 12.1 Å². The molecule has 1 amide bonds. The van der Waals surface area contributed by atoms with Crippen molar-refractivity contribution in [2.24, 2.45) is 0 Å². The van der Waals surface area contributed by atoms with Crippen LogP contribution in [0.1, 0.15) is 37.1 Å². The van der Waals surface area contributed by atoms with Gasteiger partial charge in [0.05, 0.1) is 5.03 Å². The average Bonchev–Trinajstić information content (AvgIpc) is 2.67. The second-order valence-electron chi connectivity index (χ2n) is 6.38. The zero-order valence-corrected chi connectivity index (χ0v) is 17.4. The lowest BCUT2D eigenvalue weighted by molar-refractivity contribution is -0.118. The third kappa shape index (κ3) is 4.20. The van der Waals surface area contributed by atoms with Gasteiger partial charge >= 0.3 is 0 Å². The Kier molecular flexibility index (Phi) is 6.25. The fraction of sp³-hybridized carbons (Fsp3) is 0.238. The first-order valence-corrected chi connectivity index (χ1v) is 10.1. The van der Waals surface area contributed by atoms with Gasteiger partial charge in [-0.05, 0) is 48.2 Å². The van der Waals surface area contributed by atoms with Crippen LogP contribution in [0.25, 0.3) is 0 Å². The fourth-order valence-electron chi connectivity index (χ4n) is 3.09. The van der Waals surface area contributed by atoms with Gasteiger partial charge in [-0.25, -0.2) is 0 Å². The maximum absolute atomic E-state index is 12.4. The normalized spacial score (nSPS) is 16.9. The smallest absolute Gasteiger partial charge is 0.266 e. The number of nitrogens with zero attached hydrogens (tertiary/aromatic N) is 2. The van der Waals surface area contributed by atoms with Crippen molar-refractivity contribution in [1.82, 2.24) is 5.32 Å². The summed E-state index contributed by atoms with van der Waals surface area (Å²) < 4.78 is 0.917. The Balaban J connectivity index is 2.04. The van der Waals surface area contributed by atoms with Gasteiger partial charge in [-0.1, -0.05) is 53.5 Å². The van der Waals surface area contributed by atoms with E-state index in [2.05, 4.69) is 52.9 Å². The van der Waals surface area contributed by atoms with E-state index in [1.165, 1.54) is 5.56 Å². The average molecular weight is 442 g/mol. The molecule has 0 spiro atoms. The highest BCUT2D eigenvalue weighted by Crippen LogP contribution is 2.36. The van der Waals surface area contributed by atoms with Crippen molar-refractivity contribution in [2.45, 2.75) is 32.4 Å². The minimum atomic E-state index is -0.443. The zero-order chi connectivity index (χ0) is 19.4. The molecule has 1 atom stereocenters. The van der Waals surface area contributed by atoms with Gasteiger partial charge in [-0.3, -0.25) is 4.79 Å². The third-order valence-corrected chi connectivity index (χ3v) is 5.45. The fourth-order valence-corrected chi connectivity index (χ4v) is 3.89. The Labute approximate surface area is 173 Å². The van der Waals surface area contributed by atoms with Crippen LogP contribution in [0.3, 0.4) is 0 Å². The van der Waals surface area contributed by atoms with E-state index in [4.69, 9.17) is 0 Å². The second-order valence-corrected chi connectivity index (χ2v) is 7.72. The SMILES string of the molecule is CCCCc1ccc(N2C(S)=C(C#N)C(=O)NC2c2cccc(Br)c2)cc1. The summed E-state index contributed by atoms with van der Waals surface area (Å²) in [4.78, 5) is 14.3. The molecule has 1 heterocycles. The molecule has 0 saturated carbocycles. The molecule has 2 aromatic carbocycles. The molecule has 1 N–H and O–H groups in total. The molecule has 0 saturated heterocycles. The molecule has 0 aliphatic carbocycles. The highest BCUT2D eigenvalue weighted by Gasteiger charge is 2.33. The van der Waals surface area contributed by atoms with Crippen molar-refractivity contribution in [2.75, 3.05) is 4.90 Å². The van der Waals surface area contributed by atoms with E-state index in [1.807, 2.05) is 47.4 Å². The lowest BCUT2D eigenvalue weighted by Crippen LogP contribution is -2.46. The van der Waals surface area contributed by atoms with Crippen LogP contribution in [0, 0.1) is 11.3 Å². The number of aryl methyl sites for hydroxylation is 1. The van der Waals surface area contributed by atoms with E-state index in [1.54, 1.807) is 0 Å². The summed E-state index contributed by atoms with van der Waals surface area (Å²) in [5, 5.41) is 12.7. The number of hydrogen-bond acceptors (Lipinski definition) is 4. The highest BCUT2D eigenvalue weighted by molar-refractivity contribution is 9.10. The van der Waals surface area contributed by atoms with Crippen LogP contribution in [0.15, 0.2) is 63.6 Å². The van der Waals surface area contributed by atoms with E-state index >= 15 is 0 Å². The quantitative estimate of drug-likeness (QED) is 0.635. The molecule has 0 fully saturated rings. The van der Waals surface area contributed by atoms with Crippen LogP contribution in [0.2, 0.25) is 0 Å². The first kappa shape index (κ1) is 19.5. The minimum Gasteiger partial charge on any atom is -0.327 e. The van der Waals surface area contributed by atoms with Crippen LogP contribution < -0.4 is 10.2 Å². The molecule has 27 heavy (non-hydrogen) atoms. The number of rotatable bonds is 5. The van der Waals surface area contributed by atoms with Crippen LogP contribution in [0.5, 0.6) is 0 Å². The first-order valence-electron chi connectivity index (χ1n) is 8.83. The van der Waals surface area contributed by atoms with Crippen molar-refractivity contribution in [3.8, 4) is 6.07 Å². The van der Waals surface area contributed by atoms with Crippen molar-refractivity contribution in [3.05, 3.63) is 74.7 Å². The maximum atomic E-state index is 12.4. The summed E-state index contributed by atoms with van der Waals surface area (Å²) in [5.74, 6) is -0.414. The summed E-state index contributed by atoms with van der Waals surface area (Å²) in [6.07, 6.45) is 2.90. The van der Waals surface area contributed by atoms with Gasteiger partial charge in [0.15, 0.2) is 0 Å². The van der Waals surface area contributed by atoms with Crippen molar-refractivity contribution in [1.29, 1.82) is 5.26 Å². The third-order valence-electron chi connectivity index (χ3n) is 4.51. The Hall–Kier alpha value is -2.23. The lowest BCUT2D eigenvalue weighted by Gasteiger charge is -2.38. The van der Waals surface area contributed by atoms with Gasteiger partial charge < -0.3 is 10.2 Å². The predicted molar refractivity (Wildman–Crippen MR) is 114 cm³/mol. The van der Waals surface area contributed by atoms with Crippen LogP contribution in [-0.4, -0.2) is 5.91 Å². The molecular formula is C21H20BrN3OS. The van der Waals surface area contributed by atoms with Crippen molar-refractivity contribution >= 4 is 40.2 Å². The molecule has 0 radical (unpaired) electrons. The molecule has 4 nitrogen and oxygen atoms in total. The van der Waals surface area contributed by atoms with E-state index in [0.717, 1.165) is 35.0 Å². The molecule has 1 aliphatic heterocycles. The number of amides is 1. The topological polar surface area (TPSA) is 56.1 Å². The van der Waals surface area contributed by atoms with Gasteiger partial charge in [0.25, 0.3) is 5.91 Å². The van der Waals surface area contributed by atoms with Crippen LogP contribution in [0.4, 0.5) is 5.69 Å². The molecular weight excluding hydrogens is 422 g/mol. The number of unbranched alkanes of at least 4 members (excludes halogenated alkanes) is 1. The standard InChI is InChI=1S/C21H20BrN3OS/c1-2-3-5-14-8-10-17(11-9-14)25-19(15-6-4-7-16(22)12-15)24-20(26)18(13-23)21(25)27/h4,6-12,19,27H,2-3,5H2,1H3,(H,24,26). The van der Waals surface area contributed by atoms with E-state index in [-0.39, 0.29) is 5.57 Å². The zero-order valence-electron chi connectivity index (χ0n) is 14.9. The Morgan fingerprint density at radius 3 is 2.63 bits per heavy atom. The molecule has 6 heteroatoms. The van der Waals surface area contributed by atoms with Crippen molar-refractivity contribution < 1.29 is 4.79 Å². The van der Waals surface area contributed by atoms with Gasteiger partial charge in [-0.2, -0.15) is 5.26 Å². The Morgan fingerprint density at radius 2 is 2.00 bits per heavy atom. The van der Waals surface area contributed by atoms with Gasteiger partial charge in [0.2, 0.25) is 0 Å². The highest BCUT2D eigenvalue weighted by atomic mass is 79.9. The monoisotopic (exact) mass is 441 g/mol. The molecule has 2 aromatic rings. The number of nitriles is 1. The van der Waals surface area contributed by atoms with Gasteiger partial charge in [0.1, 0.15) is 17.8 Å². The number of thiol groups is 1. The van der Waals surface area contributed by atoms with Gasteiger partial charge in [-0.15, -0.1) is 12.6 Å². The number of benzene rings is 2. The van der Waals surface area contributed by atoms with E-state index in [9.17, 15) is 10.1 Å². The second kappa shape index (κ2) is 8.64. The summed E-state index contributed by atoms with van der Waals surface area (Å²) >= 11 is 8.01. The number of hydrogen-bond donors (Lipinski definition) is 2. The first-order chi connectivity index (χ1) is 13.0. The summed E-state index contributed by atoms with van der Waals surface area (Å²) in [6.45, 7) is 2.18. The molecule has 1 aliphatic rings. The summed E-state index contributed by atoms with van der Waals surface area (Å²) in [6, 6.07) is 17.9. The predicted octanol–water partition coefficient (Wildman–Crippen LogP) is 5.09. The number of halogens is 1. The Bertz CT molecular complexity index is 918. The molecule has 3 rings (SSSR count).